The lowest BCUT2D eigenvalue weighted by molar-refractivity contribution is -0.122. The Morgan fingerprint density at radius 1 is 1.21 bits per heavy atom. The van der Waals surface area contributed by atoms with Gasteiger partial charge in [-0.1, -0.05) is 57.0 Å². The third-order valence-electron chi connectivity index (χ3n) is 4.72. The van der Waals surface area contributed by atoms with E-state index < -0.39 is 5.97 Å². The Kier molecular flexibility index (Phi) is 8.20. The van der Waals surface area contributed by atoms with E-state index in [4.69, 9.17) is 4.74 Å². The first-order chi connectivity index (χ1) is 13.4. The third-order valence-corrected chi connectivity index (χ3v) is 5.88. The SMILES string of the molecule is CCCCC(C)C(=O)N(c1cc(-c2ccccc2)sc1C(=O)O)C(C)COC. The number of rotatable bonds is 10. The minimum atomic E-state index is -1.02. The molecule has 5 nitrogen and oxygen atoms in total. The number of hydrogen-bond donors (Lipinski definition) is 1. The Morgan fingerprint density at radius 2 is 1.89 bits per heavy atom. The van der Waals surface area contributed by atoms with Crippen LogP contribution in [0.4, 0.5) is 5.69 Å². The zero-order valence-corrected chi connectivity index (χ0v) is 17.8. The highest BCUT2D eigenvalue weighted by Crippen LogP contribution is 2.38. The number of amides is 1. The number of aromatic carboxylic acids is 1. The molecule has 0 radical (unpaired) electrons. The van der Waals surface area contributed by atoms with E-state index in [9.17, 15) is 14.7 Å². The van der Waals surface area contributed by atoms with Crippen molar-refractivity contribution in [3.63, 3.8) is 0 Å². The lowest BCUT2D eigenvalue weighted by atomic mass is 10.0. The standard InChI is InChI=1S/C22H29NO4S/c1-5-6-10-15(2)21(24)23(16(3)14-27-4)18-13-19(28-20(18)22(25)26)17-11-8-7-9-12-17/h7-9,11-13,15-16H,5-6,10,14H2,1-4H3,(H,25,26). The Bertz CT molecular complexity index is 787. The highest BCUT2D eigenvalue weighted by Gasteiger charge is 2.31. The summed E-state index contributed by atoms with van der Waals surface area (Å²) in [6.07, 6.45) is 2.76. The van der Waals surface area contributed by atoms with E-state index in [-0.39, 0.29) is 22.7 Å². The monoisotopic (exact) mass is 403 g/mol. The summed E-state index contributed by atoms with van der Waals surface area (Å²) in [5, 5.41) is 9.79. The summed E-state index contributed by atoms with van der Waals surface area (Å²) in [5.74, 6) is -1.26. The molecule has 2 aromatic rings. The molecule has 2 rings (SSSR count). The number of thiophene rings is 1. The van der Waals surface area contributed by atoms with Crippen LogP contribution < -0.4 is 4.90 Å². The molecule has 2 atom stereocenters. The van der Waals surface area contributed by atoms with Gasteiger partial charge in [-0.2, -0.15) is 0 Å². The Balaban J connectivity index is 2.50. The van der Waals surface area contributed by atoms with E-state index in [1.54, 1.807) is 12.0 Å². The summed E-state index contributed by atoms with van der Waals surface area (Å²) in [5.41, 5.74) is 1.39. The average molecular weight is 404 g/mol. The van der Waals surface area contributed by atoms with Gasteiger partial charge in [-0.15, -0.1) is 11.3 Å². The summed E-state index contributed by atoms with van der Waals surface area (Å²) < 4.78 is 5.27. The molecule has 0 aliphatic heterocycles. The van der Waals surface area contributed by atoms with Crippen LogP contribution in [0.2, 0.25) is 0 Å². The first-order valence-electron chi connectivity index (χ1n) is 9.65. The molecular weight excluding hydrogens is 374 g/mol. The molecule has 0 bridgehead atoms. The maximum atomic E-state index is 13.3. The molecule has 1 heterocycles. The molecule has 1 amide bonds. The molecule has 0 aliphatic rings. The van der Waals surface area contributed by atoms with Crippen molar-refractivity contribution in [2.75, 3.05) is 18.6 Å². The number of benzene rings is 1. The fourth-order valence-corrected chi connectivity index (χ4v) is 4.21. The third kappa shape index (κ3) is 5.20. The molecule has 2 unspecified atom stereocenters. The van der Waals surface area contributed by atoms with Gasteiger partial charge >= 0.3 is 5.97 Å². The number of nitrogens with zero attached hydrogens (tertiary/aromatic N) is 1. The fraction of sp³-hybridized carbons (Fsp3) is 0.455. The van der Waals surface area contributed by atoms with Crippen LogP contribution >= 0.6 is 11.3 Å². The lowest BCUT2D eigenvalue weighted by Gasteiger charge is -2.31. The minimum absolute atomic E-state index is 0.0575. The van der Waals surface area contributed by atoms with Crippen molar-refractivity contribution in [1.29, 1.82) is 0 Å². The van der Waals surface area contributed by atoms with Gasteiger partial charge in [0.1, 0.15) is 4.88 Å². The molecule has 1 N–H and O–H groups in total. The number of hydrogen-bond acceptors (Lipinski definition) is 4. The van der Waals surface area contributed by atoms with Gasteiger partial charge in [0, 0.05) is 17.9 Å². The van der Waals surface area contributed by atoms with Crippen molar-refractivity contribution in [2.45, 2.75) is 46.1 Å². The molecule has 0 saturated carbocycles. The molecule has 0 saturated heterocycles. The predicted molar refractivity (Wildman–Crippen MR) is 114 cm³/mol. The second kappa shape index (κ2) is 10.4. The van der Waals surface area contributed by atoms with E-state index in [2.05, 4.69) is 6.92 Å². The van der Waals surface area contributed by atoms with E-state index in [1.807, 2.05) is 50.2 Å². The molecule has 1 aromatic heterocycles. The van der Waals surface area contributed by atoms with Crippen molar-refractivity contribution in [2.24, 2.45) is 5.92 Å². The van der Waals surface area contributed by atoms with Crippen LogP contribution in [0.5, 0.6) is 0 Å². The Labute approximate surface area is 170 Å². The van der Waals surface area contributed by atoms with E-state index >= 15 is 0 Å². The number of unbranched alkanes of at least 4 members (excludes halogenated alkanes) is 1. The smallest absolute Gasteiger partial charge is 0.348 e. The van der Waals surface area contributed by atoms with Crippen LogP contribution in [-0.2, 0) is 9.53 Å². The van der Waals surface area contributed by atoms with Crippen molar-refractivity contribution in [3.05, 3.63) is 41.3 Å². The summed E-state index contributed by atoms with van der Waals surface area (Å²) in [4.78, 5) is 27.9. The van der Waals surface area contributed by atoms with Crippen LogP contribution in [0, 0.1) is 5.92 Å². The summed E-state index contributed by atoms with van der Waals surface area (Å²) in [6, 6.07) is 11.2. The average Bonchev–Trinajstić information content (AvgIpc) is 3.12. The van der Waals surface area contributed by atoms with Gasteiger partial charge in [-0.25, -0.2) is 4.79 Å². The van der Waals surface area contributed by atoms with Gasteiger partial charge in [0.05, 0.1) is 18.3 Å². The second-order valence-electron chi connectivity index (χ2n) is 7.05. The second-order valence-corrected chi connectivity index (χ2v) is 8.10. The topological polar surface area (TPSA) is 66.8 Å². The molecule has 0 spiro atoms. The molecule has 1 aromatic carbocycles. The van der Waals surface area contributed by atoms with Crippen molar-refractivity contribution in [3.8, 4) is 10.4 Å². The quantitative estimate of drug-likeness (QED) is 0.584. The van der Waals surface area contributed by atoms with Gasteiger partial charge < -0.3 is 14.7 Å². The van der Waals surface area contributed by atoms with Crippen LogP contribution in [0.3, 0.4) is 0 Å². The largest absolute Gasteiger partial charge is 0.477 e. The number of carbonyl (C=O) groups excluding carboxylic acids is 1. The van der Waals surface area contributed by atoms with Gasteiger partial charge in [0.2, 0.25) is 5.91 Å². The highest BCUT2D eigenvalue weighted by molar-refractivity contribution is 7.18. The lowest BCUT2D eigenvalue weighted by Crippen LogP contribution is -2.44. The molecule has 0 fully saturated rings. The van der Waals surface area contributed by atoms with E-state index in [1.165, 1.54) is 11.3 Å². The highest BCUT2D eigenvalue weighted by atomic mass is 32.1. The fourth-order valence-electron chi connectivity index (χ4n) is 3.22. The molecule has 6 heteroatoms. The Morgan fingerprint density at radius 3 is 2.46 bits per heavy atom. The molecule has 28 heavy (non-hydrogen) atoms. The normalized spacial score (nSPS) is 13.1. The number of methoxy groups -OCH3 is 1. The molecular formula is C22H29NO4S. The summed E-state index contributed by atoms with van der Waals surface area (Å²) in [7, 11) is 1.58. The number of anilines is 1. The number of carbonyl (C=O) groups is 2. The van der Waals surface area contributed by atoms with Crippen LogP contribution in [0.15, 0.2) is 36.4 Å². The van der Waals surface area contributed by atoms with E-state index in [0.29, 0.717) is 12.3 Å². The summed E-state index contributed by atoms with van der Waals surface area (Å²) in [6.45, 7) is 6.23. The Hall–Kier alpha value is -2.18. The number of carboxylic acids is 1. The van der Waals surface area contributed by atoms with Gasteiger partial charge in [0.15, 0.2) is 0 Å². The predicted octanol–water partition coefficient (Wildman–Crippen LogP) is 5.31. The van der Waals surface area contributed by atoms with Crippen LogP contribution in [0.25, 0.3) is 10.4 Å². The van der Waals surface area contributed by atoms with Gasteiger partial charge in [-0.3, -0.25) is 4.79 Å². The number of carboxylic acid groups (broad SMARTS) is 1. The van der Waals surface area contributed by atoms with Crippen molar-refractivity contribution < 1.29 is 19.4 Å². The van der Waals surface area contributed by atoms with Gasteiger partial charge in [0.25, 0.3) is 0 Å². The first-order valence-corrected chi connectivity index (χ1v) is 10.5. The number of ether oxygens (including phenoxy) is 1. The zero-order valence-electron chi connectivity index (χ0n) is 17.0. The van der Waals surface area contributed by atoms with Crippen molar-refractivity contribution >= 4 is 28.9 Å². The molecule has 0 aliphatic carbocycles. The van der Waals surface area contributed by atoms with E-state index in [0.717, 1.165) is 29.7 Å². The van der Waals surface area contributed by atoms with Crippen LogP contribution in [-0.4, -0.2) is 36.7 Å². The maximum Gasteiger partial charge on any atom is 0.348 e. The maximum absolute atomic E-state index is 13.3. The van der Waals surface area contributed by atoms with Crippen molar-refractivity contribution in [1.82, 2.24) is 0 Å². The minimum Gasteiger partial charge on any atom is -0.477 e. The summed E-state index contributed by atoms with van der Waals surface area (Å²) >= 11 is 1.20. The first kappa shape index (κ1) is 22.1. The molecule has 152 valence electrons. The van der Waals surface area contributed by atoms with Crippen LogP contribution in [0.1, 0.15) is 49.7 Å². The van der Waals surface area contributed by atoms with Gasteiger partial charge in [-0.05, 0) is 25.0 Å². The zero-order chi connectivity index (χ0) is 20.7.